The Kier molecular flexibility index (Phi) is 5.50. The van der Waals surface area contributed by atoms with Crippen LogP contribution in [0.5, 0.6) is 0 Å². The van der Waals surface area contributed by atoms with Crippen LogP contribution >= 0.6 is 23.5 Å². The van der Waals surface area contributed by atoms with Crippen molar-refractivity contribution in [2.45, 2.75) is 25.0 Å². The first-order valence-electron chi connectivity index (χ1n) is 4.20. The molecule has 0 amide bonds. The zero-order valence-electron chi connectivity index (χ0n) is 7.04. The zero-order chi connectivity index (χ0) is 7.94. The van der Waals surface area contributed by atoms with Crippen molar-refractivity contribution in [3.8, 4) is 0 Å². The summed E-state index contributed by atoms with van der Waals surface area (Å²) in [6.45, 7) is 4.18. The van der Waals surface area contributed by atoms with Crippen LogP contribution in [0, 0.1) is 0 Å². The highest BCUT2D eigenvalue weighted by molar-refractivity contribution is 8.16. The highest BCUT2D eigenvalue weighted by Crippen LogP contribution is 2.23. The molecule has 1 rings (SSSR count). The Morgan fingerprint density at radius 1 is 1.55 bits per heavy atom. The molecule has 1 fully saturated rings. The van der Waals surface area contributed by atoms with E-state index in [0.717, 1.165) is 18.5 Å². The Balaban J connectivity index is 1.96. The van der Waals surface area contributed by atoms with E-state index in [4.69, 9.17) is 4.74 Å². The Bertz CT molecular complexity index is 92.1. The molecule has 1 saturated heterocycles. The summed E-state index contributed by atoms with van der Waals surface area (Å²) in [6, 6.07) is 0. The van der Waals surface area contributed by atoms with Crippen molar-refractivity contribution >= 4 is 23.5 Å². The molecule has 0 aromatic rings. The van der Waals surface area contributed by atoms with Crippen molar-refractivity contribution in [3.05, 3.63) is 0 Å². The van der Waals surface area contributed by atoms with Gasteiger partial charge in [0.2, 0.25) is 0 Å². The van der Waals surface area contributed by atoms with Gasteiger partial charge in [-0.3, -0.25) is 0 Å². The molecule has 0 saturated carbocycles. The molecule has 0 N–H and O–H groups in total. The van der Waals surface area contributed by atoms with E-state index in [2.05, 4.69) is 18.7 Å². The second-order valence-electron chi connectivity index (χ2n) is 2.62. The van der Waals surface area contributed by atoms with Gasteiger partial charge in [0.05, 0.1) is 6.61 Å². The van der Waals surface area contributed by atoms with E-state index >= 15 is 0 Å². The average molecular weight is 192 g/mol. The quantitative estimate of drug-likeness (QED) is 0.500. The number of ether oxygens (including phenoxy) is 1. The van der Waals surface area contributed by atoms with Crippen LogP contribution in [0.4, 0.5) is 0 Å². The maximum absolute atomic E-state index is 5.38. The largest absolute Gasteiger partial charge is 0.380 e. The molecule has 1 aliphatic rings. The van der Waals surface area contributed by atoms with E-state index in [0.29, 0.717) is 0 Å². The lowest BCUT2D eigenvalue weighted by molar-refractivity contribution is 0.101. The normalized spacial score (nSPS) is 25.4. The molecule has 11 heavy (non-hydrogen) atoms. The van der Waals surface area contributed by atoms with Crippen molar-refractivity contribution in [3.63, 3.8) is 0 Å². The maximum atomic E-state index is 5.38. The first-order chi connectivity index (χ1) is 5.43. The third-order valence-electron chi connectivity index (χ3n) is 1.71. The summed E-state index contributed by atoms with van der Waals surface area (Å²) in [6.07, 6.45) is 2.61. The zero-order valence-corrected chi connectivity index (χ0v) is 8.68. The second-order valence-corrected chi connectivity index (χ2v) is 5.54. The van der Waals surface area contributed by atoms with Crippen molar-refractivity contribution in [1.29, 1.82) is 0 Å². The summed E-state index contributed by atoms with van der Waals surface area (Å²) in [5, 5.41) is 2.02. The molecule has 0 aromatic carbocycles. The minimum Gasteiger partial charge on any atom is -0.380 e. The van der Waals surface area contributed by atoms with Gasteiger partial charge < -0.3 is 4.74 Å². The molecule has 1 aliphatic heterocycles. The van der Waals surface area contributed by atoms with Gasteiger partial charge in [-0.15, -0.1) is 11.8 Å². The maximum Gasteiger partial charge on any atom is 0.0585 e. The van der Waals surface area contributed by atoms with E-state index in [-0.39, 0.29) is 0 Å². The first kappa shape index (κ1) is 9.75. The van der Waals surface area contributed by atoms with Gasteiger partial charge in [-0.25, -0.2) is 0 Å². The summed E-state index contributed by atoms with van der Waals surface area (Å²) in [5.41, 5.74) is 0. The summed E-state index contributed by atoms with van der Waals surface area (Å²) in [7, 11) is 0. The van der Waals surface area contributed by atoms with Crippen LogP contribution in [0.3, 0.4) is 0 Å². The molecular weight excluding hydrogens is 176 g/mol. The van der Waals surface area contributed by atoms with Gasteiger partial charge in [-0.1, -0.05) is 6.92 Å². The summed E-state index contributed by atoms with van der Waals surface area (Å²) < 4.78 is 5.38. The Hall–Kier alpha value is 0.660. The minimum atomic E-state index is 0.780. The predicted molar refractivity (Wildman–Crippen MR) is 54.4 cm³/mol. The predicted octanol–water partition coefficient (Wildman–Crippen LogP) is 2.61. The molecule has 1 nitrogen and oxygen atoms in total. The summed E-state index contributed by atoms with van der Waals surface area (Å²) in [4.78, 5) is 0. The van der Waals surface area contributed by atoms with Crippen LogP contribution in [0.1, 0.15) is 19.8 Å². The van der Waals surface area contributed by atoms with Crippen molar-refractivity contribution in [2.75, 3.05) is 24.1 Å². The molecule has 0 radical (unpaired) electrons. The Morgan fingerprint density at radius 3 is 3.09 bits per heavy atom. The molecule has 1 unspecified atom stereocenters. The molecule has 3 heteroatoms. The van der Waals surface area contributed by atoms with Gasteiger partial charge in [0.15, 0.2) is 0 Å². The lowest BCUT2D eigenvalue weighted by Crippen LogP contribution is -2.19. The lowest BCUT2D eigenvalue weighted by Gasteiger charge is -2.20. The fourth-order valence-corrected chi connectivity index (χ4v) is 3.42. The summed E-state index contributed by atoms with van der Waals surface area (Å²) >= 11 is 4.07. The van der Waals surface area contributed by atoms with Crippen LogP contribution in [0.2, 0.25) is 0 Å². The fraction of sp³-hybridized carbons (Fsp3) is 1.00. The van der Waals surface area contributed by atoms with E-state index in [1.807, 2.05) is 11.8 Å². The molecule has 0 aliphatic carbocycles. The number of hydrogen-bond donors (Lipinski definition) is 0. The number of thioether (sulfide) groups is 2. The molecule has 0 aromatic heterocycles. The van der Waals surface area contributed by atoms with E-state index < -0.39 is 0 Å². The van der Waals surface area contributed by atoms with Gasteiger partial charge in [-0.2, -0.15) is 11.8 Å². The smallest absolute Gasteiger partial charge is 0.0585 e. The minimum absolute atomic E-state index is 0.780. The summed E-state index contributed by atoms with van der Waals surface area (Å²) in [5.74, 6) is 1.24. The average Bonchev–Trinajstić information content (AvgIpc) is 2.07. The molecule has 1 heterocycles. The fourth-order valence-electron chi connectivity index (χ4n) is 1.07. The van der Waals surface area contributed by atoms with Gasteiger partial charge in [0.1, 0.15) is 0 Å². The standard InChI is InChI=1S/C8H16OS2/c1-2-10-7-11-8-4-3-5-9-6-8/h8H,2-7H2,1H3. The van der Waals surface area contributed by atoms with Crippen molar-refractivity contribution in [2.24, 2.45) is 0 Å². The third-order valence-corrected chi connectivity index (χ3v) is 4.17. The Morgan fingerprint density at radius 2 is 2.45 bits per heavy atom. The molecule has 1 atom stereocenters. The van der Waals surface area contributed by atoms with E-state index in [9.17, 15) is 0 Å². The molecule has 0 spiro atoms. The van der Waals surface area contributed by atoms with Crippen molar-refractivity contribution < 1.29 is 4.74 Å². The van der Waals surface area contributed by atoms with E-state index in [1.165, 1.54) is 23.7 Å². The highest BCUT2D eigenvalue weighted by atomic mass is 32.2. The number of hydrogen-bond acceptors (Lipinski definition) is 3. The van der Waals surface area contributed by atoms with Gasteiger partial charge in [0.25, 0.3) is 0 Å². The van der Waals surface area contributed by atoms with Gasteiger partial charge in [0, 0.05) is 16.9 Å². The lowest BCUT2D eigenvalue weighted by atomic mass is 10.2. The van der Waals surface area contributed by atoms with Crippen LogP contribution in [0.15, 0.2) is 0 Å². The van der Waals surface area contributed by atoms with Crippen molar-refractivity contribution in [1.82, 2.24) is 0 Å². The topological polar surface area (TPSA) is 9.23 Å². The van der Waals surface area contributed by atoms with Crippen LogP contribution in [0.25, 0.3) is 0 Å². The SMILES string of the molecule is CCSCSC1CCCOC1. The molecule has 0 bridgehead atoms. The third kappa shape index (κ3) is 4.28. The molecular formula is C8H16OS2. The van der Waals surface area contributed by atoms with Gasteiger partial charge in [-0.05, 0) is 18.6 Å². The Labute approximate surface area is 77.6 Å². The second kappa shape index (κ2) is 6.21. The highest BCUT2D eigenvalue weighted by Gasteiger charge is 2.13. The number of rotatable bonds is 4. The van der Waals surface area contributed by atoms with Crippen LogP contribution in [-0.4, -0.2) is 29.3 Å². The monoisotopic (exact) mass is 192 g/mol. The van der Waals surface area contributed by atoms with E-state index in [1.54, 1.807) is 0 Å². The van der Waals surface area contributed by atoms with Crippen LogP contribution < -0.4 is 0 Å². The van der Waals surface area contributed by atoms with Gasteiger partial charge >= 0.3 is 0 Å². The van der Waals surface area contributed by atoms with Crippen LogP contribution in [-0.2, 0) is 4.74 Å². The molecule has 66 valence electrons. The first-order valence-corrected chi connectivity index (χ1v) is 6.41.